The van der Waals surface area contributed by atoms with E-state index in [1.165, 1.54) is 7.11 Å². The highest BCUT2D eigenvalue weighted by Gasteiger charge is 2.22. The van der Waals surface area contributed by atoms with Gasteiger partial charge in [0.1, 0.15) is 16.9 Å². The first-order chi connectivity index (χ1) is 16.0. The minimum atomic E-state index is -0.327. The van der Waals surface area contributed by atoms with Crippen LogP contribution in [0.3, 0.4) is 0 Å². The number of phenolic OH excluding ortho intramolecular Hbond substituents is 1. The van der Waals surface area contributed by atoms with Gasteiger partial charge in [0.05, 0.1) is 19.8 Å². The van der Waals surface area contributed by atoms with Gasteiger partial charge in [-0.2, -0.15) is 0 Å². The van der Waals surface area contributed by atoms with Gasteiger partial charge in [-0.1, -0.05) is 6.07 Å². The molecule has 2 aromatic heterocycles. The van der Waals surface area contributed by atoms with E-state index in [1.807, 2.05) is 30.3 Å². The molecular weight excluding hydrogens is 424 g/mol. The molecule has 33 heavy (non-hydrogen) atoms. The topological polar surface area (TPSA) is 124 Å². The van der Waals surface area contributed by atoms with Crippen molar-refractivity contribution < 1.29 is 19.4 Å². The van der Waals surface area contributed by atoms with E-state index in [0.29, 0.717) is 42.3 Å². The van der Waals surface area contributed by atoms with Gasteiger partial charge in [0, 0.05) is 30.7 Å². The third kappa shape index (κ3) is 4.37. The molecule has 1 aliphatic heterocycles. The van der Waals surface area contributed by atoms with Crippen molar-refractivity contribution in [3.05, 3.63) is 58.1 Å². The molecule has 4 aromatic rings. The molecule has 9 nitrogen and oxygen atoms in total. The number of hydrogen-bond acceptors (Lipinski definition) is 8. The van der Waals surface area contributed by atoms with Crippen LogP contribution in [0, 0.1) is 0 Å². The van der Waals surface area contributed by atoms with E-state index in [2.05, 4.69) is 20.2 Å². The molecule has 1 aliphatic rings. The number of benzene rings is 2. The van der Waals surface area contributed by atoms with Crippen molar-refractivity contribution in [1.82, 2.24) is 14.9 Å². The summed E-state index contributed by atoms with van der Waals surface area (Å²) in [4.78, 5) is 22.1. The molecule has 0 radical (unpaired) electrons. The summed E-state index contributed by atoms with van der Waals surface area (Å²) in [6, 6.07) is 11.0. The number of methoxy groups -OCH3 is 1. The zero-order chi connectivity index (χ0) is 22.9. The van der Waals surface area contributed by atoms with E-state index >= 15 is 0 Å². The smallest absolute Gasteiger partial charge is 0.294 e. The largest absolute Gasteiger partial charge is 0.504 e. The maximum Gasteiger partial charge on any atom is 0.294 e. The normalized spacial score (nSPS) is 16.6. The lowest BCUT2D eigenvalue weighted by Crippen LogP contribution is -2.24. The summed E-state index contributed by atoms with van der Waals surface area (Å²) in [6.07, 6.45) is 1.14. The first-order valence-electron chi connectivity index (χ1n) is 11.0. The van der Waals surface area contributed by atoms with Crippen molar-refractivity contribution in [2.45, 2.75) is 25.5 Å². The summed E-state index contributed by atoms with van der Waals surface area (Å²) in [5.41, 5.74) is 2.98. The highest BCUT2D eigenvalue weighted by Crippen LogP contribution is 2.29. The average Bonchev–Trinajstić information content (AvgIpc) is 3.38. The maximum absolute atomic E-state index is 12.6. The summed E-state index contributed by atoms with van der Waals surface area (Å²) in [5.74, 6) is 1.13. The van der Waals surface area contributed by atoms with E-state index in [4.69, 9.17) is 9.15 Å². The van der Waals surface area contributed by atoms with Crippen molar-refractivity contribution in [3.63, 3.8) is 0 Å². The summed E-state index contributed by atoms with van der Waals surface area (Å²) in [6.45, 7) is 2.50. The number of nitrogens with zero attached hydrogens (tertiary/aromatic N) is 2. The second kappa shape index (κ2) is 8.76. The molecule has 0 aliphatic carbocycles. The average molecular weight is 450 g/mol. The number of anilines is 1. The lowest BCUT2D eigenvalue weighted by atomic mass is 10.1. The predicted molar refractivity (Wildman–Crippen MR) is 125 cm³/mol. The Bertz CT molecular complexity index is 1360. The van der Waals surface area contributed by atoms with Crippen LogP contribution in [0.5, 0.6) is 11.5 Å². The third-order valence-electron chi connectivity index (χ3n) is 5.98. The number of fused-ring (bicyclic) bond motifs is 3. The number of furan rings is 1. The number of likely N-dealkylation sites (tertiary alicyclic amines) is 1. The molecule has 4 N–H and O–H groups in total. The number of aromatic hydroxyl groups is 1. The van der Waals surface area contributed by atoms with Gasteiger partial charge in [0.15, 0.2) is 11.5 Å². The Balaban J connectivity index is 1.36. The molecule has 172 valence electrons. The lowest BCUT2D eigenvalue weighted by molar-refractivity contribution is 0.174. The van der Waals surface area contributed by atoms with Gasteiger partial charge in [-0.3, -0.25) is 9.69 Å². The van der Waals surface area contributed by atoms with Crippen LogP contribution >= 0.6 is 0 Å². The number of aromatic amines is 1. The highest BCUT2D eigenvalue weighted by molar-refractivity contribution is 6.03. The number of ether oxygens (including phenoxy) is 1. The predicted octanol–water partition coefficient (Wildman–Crippen LogP) is 2.60. The molecule has 1 unspecified atom stereocenters. The van der Waals surface area contributed by atoms with Crippen LogP contribution in [0.4, 0.5) is 5.69 Å². The molecule has 0 saturated carbocycles. The quantitative estimate of drug-likeness (QED) is 0.339. The Labute approximate surface area is 189 Å². The number of aromatic nitrogens is 2. The monoisotopic (exact) mass is 450 g/mol. The fourth-order valence-electron chi connectivity index (χ4n) is 4.28. The first kappa shape index (κ1) is 21.3. The van der Waals surface area contributed by atoms with Crippen LogP contribution in [0.2, 0.25) is 0 Å². The zero-order valence-electron chi connectivity index (χ0n) is 18.3. The van der Waals surface area contributed by atoms with Crippen molar-refractivity contribution in [2.24, 2.45) is 0 Å². The first-order valence-corrected chi connectivity index (χ1v) is 11.0. The Morgan fingerprint density at radius 2 is 2.18 bits per heavy atom. The van der Waals surface area contributed by atoms with Crippen molar-refractivity contribution in [2.75, 3.05) is 32.1 Å². The van der Waals surface area contributed by atoms with Crippen molar-refractivity contribution >= 4 is 27.8 Å². The number of aliphatic hydroxyl groups excluding tert-OH is 1. The molecular formula is C24H26N4O5. The van der Waals surface area contributed by atoms with Crippen LogP contribution in [0.25, 0.3) is 22.1 Å². The molecule has 1 fully saturated rings. The number of H-pyrrole nitrogens is 1. The molecule has 5 rings (SSSR count). The van der Waals surface area contributed by atoms with E-state index in [1.54, 1.807) is 6.07 Å². The van der Waals surface area contributed by atoms with Gasteiger partial charge in [0.2, 0.25) is 5.58 Å². The van der Waals surface area contributed by atoms with Crippen LogP contribution in [0.1, 0.15) is 17.8 Å². The zero-order valence-corrected chi connectivity index (χ0v) is 18.3. The number of rotatable bonds is 7. The van der Waals surface area contributed by atoms with Gasteiger partial charge in [-0.05, 0) is 48.7 Å². The van der Waals surface area contributed by atoms with Crippen LogP contribution in [0.15, 0.2) is 45.6 Å². The third-order valence-corrected chi connectivity index (χ3v) is 5.98. The standard InChI is InChI=1S/C24H26N4O5/c1-32-20-10-14(2-4-18(20)30)6-8-25-15-3-5-19-17(11-15)22-23(33-19)24(31)27-21(26-22)13-28-9-7-16(29)12-28/h2-5,10-11,16,25,29-30H,6-9,12-13H2,1H3,(H,26,27,31). The fourth-order valence-corrected chi connectivity index (χ4v) is 4.28. The molecule has 2 aromatic carbocycles. The summed E-state index contributed by atoms with van der Waals surface area (Å²) < 4.78 is 10.9. The molecule has 0 spiro atoms. The maximum atomic E-state index is 12.6. The van der Waals surface area contributed by atoms with Crippen molar-refractivity contribution in [1.29, 1.82) is 0 Å². The van der Waals surface area contributed by atoms with Gasteiger partial charge in [-0.15, -0.1) is 0 Å². The Hall–Kier alpha value is -3.56. The molecule has 1 saturated heterocycles. The van der Waals surface area contributed by atoms with Gasteiger partial charge >= 0.3 is 0 Å². The number of β-amino-alcohol motifs (C(OH)–C–C–N with tert-alkyl or cyclic N) is 1. The Morgan fingerprint density at radius 1 is 1.30 bits per heavy atom. The number of hydrogen-bond donors (Lipinski definition) is 4. The van der Waals surface area contributed by atoms with E-state index in [9.17, 15) is 15.0 Å². The number of phenols is 1. The van der Waals surface area contributed by atoms with Crippen LogP contribution in [-0.2, 0) is 13.0 Å². The second-order valence-corrected chi connectivity index (χ2v) is 8.36. The minimum absolute atomic E-state index is 0.120. The van der Waals surface area contributed by atoms with E-state index in [-0.39, 0.29) is 23.0 Å². The van der Waals surface area contributed by atoms with Crippen molar-refractivity contribution in [3.8, 4) is 11.5 Å². The molecule has 3 heterocycles. The number of aliphatic hydroxyl groups is 1. The summed E-state index contributed by atoms with van der Waals surface area (Å²) in [7, 11) is 1.53. The van der Waals surface area contributed by atoms with Gasteiger partial charge in [0.25, 0.3) is 5.56 Å². The molecule has 1 atom stereocenters. The minimum Gasteiger partial charge on any atom is -0.504 e. The summed E-state index contributed by atoms with van der Waals surface area (Å²) >= 11 is 0. The van der Waals surface area contributed by atoms with Crippen LogP contribution < -0.4 is 15.6 Å². The fraction of sp³-hybridized carbons (Fsp3) is 0.333. The van der Waals surface area contributed by atoms with Gasteiger partial charge in [-0.25, -0.2) is 4.98 Å². The highest BCUT2D eigenvalue weighted by atomic mass is 16.5. The Morgan fingerprint density at radius 3 is 2.97 bits per heavy atom. The molecule has 9 heteroatoms. The van der Waals surface area contributed by atoms with E-state index in [0.717, 1.165) is 36.0 Å². The molecule has 0 bridgehead atoms. The molecule has 0 amide bonds. The number of nitrogens with one attached hydrogen (secondary N) is 2. The lowest BCUT2D eigenvalue weighted by Gasteiger charge is -2.13. The Kier molecular flexibility index (Phi) is 5.65. The van der Waals surface area contributed by atoms with Crippen LogP contribution in [-0.4, -0.2) is 57.9 Å². The SMILES string of the molecule is COc1cc(CCNc2ccc3oc4c(=O)[nH]c(CN5CCC(O)C5)nc4c3c2)ccc1O. The van der Waals surface area contributed by atoms with E-state index < -0.39 is 0 Å². The second-order valence-electron chi connectivity index (χ2n) is 8.36. The summed E-state index contributed by atoms with van der Waals surface area (Å²) in [5, 5.41) is 23.7. The van der Waals surface area contributed by atoms with Gasteiger partial charge < -0.3 is 29.7 Å².